The third kappa shape index (κ3) is 6.66. The Labute approximate surface area is 218 Å². The van der Waals surface area contributed by atoms with Crippen LogP contribution in [0.3, 0.4) is 0 Å². The van der Waals surface area contributed by atoms with Gasteiger partial charge in [-0.05, 0) is 49.2 Å². The second-order valence-electron chi connectivity index (χ2n) is 7.14. The van der Waals surface area contributed by atoms with Crippen molar-refractivity contribution < 1.29 is 23.8 Å². The van der Waals surface area contributed by atoms with Gasteiger partial charge in [-0.1, -0.05) is 59.3 Å². The lowest BCUT2D eigenvalue weighted by atomic mass is 10.1. The summed E-state index contributed by atoms with van der Waals surface area (Å²) in [4.78, 5) is 26.1. The van der Waals surface area contributed by atoms with Crippen LogP contribution in [0, 0.1) is 0 Å². The maximum absolute atomic E-state index is 12.8. The SMILES string of the molecule is CCOc1cc(/C=C2\SC(=S)N(CCCC(=O)OC)C2=O)ccc1OCc1c(Cl)cccc1Cl. The fourth-order valence-corrected chi connectivity index (χ4v) is 4.96. The quantitative estimate of drug-likeness (QED) is 0.204. The summed E-state index contributed by atoms with van der Waals surface area (Å²) in [6, 6.07) is 10.7. The van der Waals surface area contributed by atoms with Crippen molar-refractivity contribution in [2.24, 2.45) is 0 Å². The molecule has 0 radical (unpaired) electrons. The van der Waals surface area contributed by atoms with Crippen LogP contribution in [0.4, 0.5) is 0 Å². The van der Waals surface area contributed by atoms with Crippen molar-refractivity contribution in [3.8, 4) is 11.5 Å². The number of carbonyl (C=O) groups excluding carboxylic acids is 2. The number of hydrogen-bond donors (Lipinski definition) is 0. The van der Waals surface area contributed by atoms with Crippen molar-refractivity contribution in [2.45, 2.75) is 26.4 Å². The van der Waals surface area contributed by atoms with E-state index in [0.29, 0.717) is 55.9 Å². The van der Waals surface area contributed by atoms with E-state index in [1.54, 1.807) is 36.4 Å². The maximum atomic E-state index is 12.8. The molecule has 10 heteroatoms. The van der Waals surface area contributed by atoms with E-state index >= 15 is 0 Å². The summed E-state index contributed by atoms with van der Waals surface area (Å²) in [5.74, 6) is 0.563. The van der Waals surface area contributed by atoms with Crippen molar-refractivity contribution in [1.29, 1.82) is 0 Å². The Hall–Kier alpha value is -2.26. The minimum absolute atomic E-state index is 0.183. The number of nitrogens with zero attached hydrogens (tertiary/aromatic N) is 1. The van der Waals surface area contributed by atoms with E-state index in [-0.39, 0.29) is 24.9 Å². The van der Waals surface area contributed by atoms with Crippen LogP contribution < -0.4 is 9.47 Å². The van der Waals surface area contributed by atoms with Crippen LogP contribution in [0.2, 0.25) is 10.0 Å². The molecule has 1 amide bonds. The molecule has 1 fully saturated rings. The van der Waals surface area contributed by atoms with Crippen molar-refractivity contribution in [3.05, 3.63) is 62.5 Å². The van der Waals surface area contributed by atoms with Crippen LogP contribution in [0.25, 0.3) is 6.08 Å². The average molecular weight is 540 g/mol. The molecule has 0 atom stereocenters. The highest BCUT2D eigenvalue weighted by molar-refractivity contribution is 8.26. The lowest BCUT2D eigenvalue weighted by Gasteiger charge is -2.14. The zero-order chi connectivity index (χ0) is 24.7. The molecule has 1 aliphatic rings. The Kier molecular flexibility index (Phi) is 9.64. The van der Waals surface area contributed by atoms with Crippen molar-refractivity contribution in [3.63, 3.8) is 0 Å². The summed E-state index contributed by atoms with van der Waals surface area (Å²) in [7, 11) is 1.34. The Morgan fingerprint density at radius 1 is 1.15 bits per heavy atom. The fourth-order valence-electron chi connectivity index (χ4n) is 3.15. The highest BCUT2D eigenvalue weighted by Gasteiger charge is 2.31. The van der Waals surface area contributed by atoms with Gasteiger partial charge in [-0.15, -0.1) is 0 Å². The van der Waals surface area contributed by atoms with Crippen LogP contribution in [0.1, 0.15) is 30.9 Å². The minimum Gasteiger partial charge on any atom is -0.490 e. The number of thiocarbonyl (C=S) groups is 1. The number of esters is 1. The third-order valence-corrected chi connectivity index (χ3v) is 6.95. The molecule has 0 aliphatic carbocycles. The van der Waals surface area contributed by atoms with E-state index in [2.05, 4.69) is 4.74 Å². The molecule has 0 saturated carbocycles. The predicted octanol–water partition coefficient (Wildman–Crippen LogP) is 6.13. The molecule has 1 heterocycles. The number of halogens is 2. The van der Waals surface area contributed by atoms with E-state index in [0.717, 1.165) is 5.56 Å². The number of amides is 1. The first-order valence-corrected chi connectivity index (χ1v) is 12.5. The van der Waals surface area contributed by atoms with Gasteiger partial charge in [0, 0.05) is 28.6 Å². The van der Waals surface area contributed by atoms with Gasteiger partial charge in [0.1, 0.15) is 10.9 Å². The number of carbonyl (C=O) groups is 2. The van der Waals surface area contributed by atoms with Gasteiger partial charge in [-0.3, -0.25) is 14.5 Å². The maximum Gasteiger partial charge on any atom is 0.305 e. The molecule has 0 spiro atoms. The van der Waals surface area contributed by atoms with Crippen LogP contribution in [0.15, 0.2) is 41.3 Å². The van der Waals surface area contributed by atoms with Crippen molar-refractivity contribution >= 4 is 69.5 Å². The average Bonchev–Trinajstić information content (AvgIpc) is 3.07. The van der Waals surface area contributed by atoms with Gasteiger partial charge < -0.3 is 14.2 Å². The molecule has 1 saturated heterocycles. The van der Waals surface area contributed by atoms with E-state index in [1.807, 2.05) is 13.0 Å². The van der Waals surface area contributed by atoms with E-state index in [9.17, 15) is 9.59 Å². The van der Waals surface area contributed by atoms with E-state index in [1.165, 1.54) is 23.8 Å². The molecule has 0 aromatic heterocycles. The molecule has 0 bridgehead atoms. The highest BCUT2D eigenvalue weighted by atomic mass is 35.5. The van der Waals surface area contributed by atoms with Gasteiger partial charge in [-0.2, -0.15) is 0 Å². The second kappa shape index (κ2) is 12.4. The van der Waals surface area contributed by atoms with E-state index in [4.69, 9.17) is 44.9 Å². The van der Waals surface area contributed by atoms with E-state index < -0.39 is 0 Å². The number of hydrogen-bond acceptors (Lipinski definition) is 7. The third-order valence-electron chi connectivity index (χ3n) is 4.86. The molecule has 2 aromatic carbocycles. The smallest absolute Gasteiger partial charge is 0.305 e. The summed E-state index contributed by atoms with van der Waals surface area (Å²) in [6.07, 6.45) is 2.46. The summed E-state index contributed by atoms with van der Waals surface area (Å²) >= 11 is 19.0. The Morgan fingerprint density at radius 2 is 1.88 bits per heavy atom. The molecule has 0 N–H and O–H groups in total. The first kappa shape index (κ1) is 26.3. The van der Waals surface area contributed by atoms with Gasteiger partial charge in [-0.25, -0.2) is 0 Å². The number of benzene rings is 2. The second-order valence-corrected chi connectivity index (χ2v) is 9.63. The van der Waals surface area contributed by atoms with Crippen LogP contribution in [0.5, 0.6) is 11.5 Å². The Morgan fingerprint density at radius 3 is 2.56 bits per heavy atom. The summed E-state index contributed by atoms with van der Waals surface area (Å²) in [5.41, 5.74) is 1.45. The van der Waals surface area contributed by atoms with Crippen molar-refractivity contribution in [1.82, 2.24) is 4.90 Å². The number of thioether (sulfide) groups is 1. The molecule has 2 aromatic rings. The largest absolute Gasteiger partial charge is 0.490 e. The molecule has 34 heavy (non-hydrogen) atoms. The fraction of sp³-hybridized carbons (Fsp3) is 0.292. The van der Waals surface area contributed by atoms with Crippen LogP contribution >= 0.6 is 47.2 Å². The minimum atomic E-state index is -0.316. The zero-order valence-corrected chi connectivity index (χ0v) is 21.8. The number of rotatable bonds is 10. The topological polar surface area (TPSA) is 65.1 Å². The lowest BCUT2D eigenvalue weighted by Crippen LogP contribution is -2.29. The van der Waals surface area contributed by atoms with Gasteiger partial charge in [0.25, 0.3) is 5.91 Å². The van der Waals surface area contributed by atoms with Crippen molar-refractivity contribution in [2.75, 3.05) is 20.3 Å². The Balaban J connectivity index is 1.73. The number of ether oxygens (including phenoxy) is 3. The lowest BCUT2D eigenvalue weighted by molar-refractivity contribution is -0.141. The first-order valence-electron chi connectivity index (χ1n) is 10.5. The standard InChI is InChI=1S/C24H23Cl2NO5S2/c1-3-31-20-12-15(9-10-19(20)32-14-16-17(25)6-4-7-18(16)26)13-21-23(29)27(24(33)34-21)11-5-8-22(28)30-2/h4,6-7,9-10,12-13H,3,5,8,11,14H2,1-2H3/b21-13-. The van der Waals surface area contributed by atoms with Crippen LogP contribution in [-0.4, -0.2) is 41.4 Å². The predicted molar refractivity (Wildman–Crippen MR) is 140 cm³/mol. The summed E-state index contributed by atoms with van der Waals surface area (Å²) < 4.78 is 16.8. The molecule has 3 rings (SSSR count). The van der Waals surface area contributed by atoms with Gasteiger partial charge in [0.15, 0.2) is 11.5 Å². The van der Waals surface area contributed by atoms with Gasteiger partial charge >= 0.3 is 5.97 Å². The highest BCUT2D eigenvalue weighted by Crippen LogP contribution is 2.36. The van der Waals surface area contributed by atoms with Crippen LogP contribution in [-0.2, 0) is 20.9 Å². The Bertz CT molecular complexity index is 1100. The molecular formula is C24H23Cl2NO5S2. The zero-order valence-electron chi connectivity index (χ0n) is 18.6. The normalized spacial score (nSPS) is 14.6. The number of methoxy groups -OCH3 is 1. The van der Waals surface area contributed by atoms with Gasteiger partial charge in [0.2, 0.25) is 0 Å². The summed E-state index contributed by atoms with van der Waals surface area (Å²) in [5, 5.41) is 1.05. The molecule has 6 nitrogen and oxygen atoms in total. The molecule has 0 unspecified atom stereocenters. The first-order chi connectivity index (χ1) is 16.3. The monoisotopic (exact) mass is 539 g/mol. The molecule has 180 valence electrons. The van der Waals surface area contributed by atoms with Gasteiger partial charge in [0.05, 0.1) is 18.6 Å². The summed E-state index contributed by atoms with van der Waals surface area (Å²) in [6.45, 7) is 2.86. The molecular weight excluding hydrogens is 517 g/mol. The molecule has 1 aliphatic heterocycles.